The molecule has 156 valence electrons. The second-order valence-electron chi connectivity index (χ2n) is 8.46. The fourth-order valence-electron chi connectivity index (χ4n) is 4.71. The Morgan fingerprint density at radius 1 is 0.966 bits per heavy atom. The van der Waals surface area contributed by atoms with Crippen molar-refractivity contribution in [3.8, 4) is 0 Å². The SMILES string of the molecule is CN1CCN(c2ccc(NC(=O)CCN3C(=O)[C@H]4CCCC[C@H]4C3=O)cc2)CC1. The van der Waals surface area contributed by atoms with Crippen LogP contribution >= 0.6 is 0 Å². The molecule has 3 fully saturated rings. The van der Waals surface area contributed by atoms with E-state index in [1.807, 2.05) is 24.3 Å². The van der Waals surface area contributed by atoms with Gasteiger partial charge in [-0.15, -0.1) is 0 Å². The Morgan fingerprint density at radius 3 is 2.14 bits per heavy atom. The van der Waals surface area contributed by atoms with Crippen molar-refractivity contribution < 1.29 is 14.4 Å². The van der Waals surface area contributed by atoms with Gasteiger partial charge in [0, 0.05) is 50.5 Å². The summed E-state index contributed by atoms with van der Waals surface area (Å²) in [6.45, 7) is 4.28. The third kappa shape index (κ3) is 4.29. The number of amides is 3. The molecule has 2 atom stereocenters. The molecule has 7 nitrogen and oxygen atoms in total. The van der Waals surface area contributed by atoms with Crippen molar-refractivity contribution in [1.82, 2.24) is 9.80 Å². The van der Waals surface area contributed by atoms with Crippen molar-refractivity contribution in [3.63, 3.8) is 0 Å². The van der Waals surface area contributed by atoms with E-state index < -0.39 is 0 Å². The Labute approximate surface area is 172 Å². The van der Waals surface area contributed by atoms with Gasteiger partial charge in [-0.05, 0) is 44.2 Å². The number of rotatable bonds is 5. The molecule has 0 spiro atoms. The molecule has 1 aliphatic carbocycles. The number of carbonyl (C=O) groups is 3. The summed E-state index contributed by atoms with van der Waals surface area (Å²) in [4.78, 5) is 43.3. The van der Waals surface area contributed by atoms with Gasteiger partial charge in [0.25, 0.3) is 0 Å². The van der Waals surface area contributed by atoms with Gasteiger partial charge in [0.15, 0.2) is 0 Å². The van der Waals surface area contributed by atoms with Crippen LogP contribution in [-0.4, -0.2) is 67.3 Å². The minimum absolute atomic E-state index is 0.0796. The number of nitrogens with one attached hydrogen (secondary N) is 1. The number of fused-ring (bicyclic) bond motifs is 1. The Hall–Kier alpha value is -2.41. The molecule has 2 aliphatic heterocycles. The zero-order chi connectivity index (χ0) is 20.4. The zero-order valence-electron chi connectivity index (χ0n) is 17.1. The van der Waals surface area contributed by atoms with Crippen LogP contribution in [0.3, 0.4) is 0 Å². The number of carbonyl (C=O) groups excluding carboxylic acids is 3. The topological polar surface area (TPSA) is 73.0 Å². The number of nitrogens with zero attached hydrogens (tertiary/aromatic N) is 3. The van der Waals surface area contributed by atoms with Crippen LogP contribution in [0.1, 0.15) is 32.1 Å². The van der Waals surface area contributed by atoms with Crippen molar-refractivity contribution in [3.05, 3.63) is 24.3 Å². The summed E-state index contributed by atoms with van der Waals surface area (Å²) in [5, 5.41) is 2.88. The average Bonchev–Trinajstić information content (AvgIpc) is 2.98. The Kier molecular flexibility index (Phi) is 5.85. The maximum absolute atomic E-state index is 12.5. The molecule has 0 aromatic heterocycles. The van der Waals surface area contributed by atoms with Gasteiger partial charge in [-0.3, -0.25) is 19.3 Å². The Balaban J connectivity index is 1.27. The highest BCUT2D eigenvalue weighted by molar-refractivity contribution is 6.05. The van der Waals surface area contributed by atoms with E-state index in [9.17, 15) is 14.4 Å². The summed E-state index contributed by atoms with van der Waals surface area (Å²) >= 11 is 0. The van der Waals surface area contributed by atoms with E-state index >= 15 is 0 Å². The van der Waals surface area contributed by atoms with Crippen LogP contribution < -0.4 is 10.2 Å². The van der Waals surface area contributed by atoms with Crippen LogP contribution in [0.4, 0.5) is 11.4 Å². The molecule has 4 rings (SSSR count). The molecule has 0 radical (unpaired) electrons. The molecule has 2 heterocycles. The molecule has 1 aromatic carbocycles. The molecule has 29 heavy (non-hydrogen) atoms. The lowest BCUT2D eigenvalue weighted by Gasteiger charge is -2.34. The lowest BCUT2D eigenvalue weighted by Crippen LogP contribution is -2.44. The lowest BCUT2D eigenvalue weighted by atomic mass is 9.81. The molecule has 1 aromatic rings. The number of likely N-dealkylation sites (tertiary alicyclic amines) is 1. The molecular formula is C22H30N4O3. The van der Waals surface area contributed by atoms with Crippen molar-refractivity contribution in [2.24, 2.45) is 11.8 Å². The highest BCUT2D eigenvalue weighted by Gasteiger charge is 2.47. The summed E-state index contributed by atoms with van der Waals surface area (Å²) in [7, 11) is 2.13. The number of hydrogen-bond donors (Lipinski definition) is 1. The summed E-state index contributed by atoms with van der Waals surface area (Å²) in [5.74, 6) is -0.635. The number of likely N-dealkylation sites (N-methyl/N-ethyl adjacent to an activating group) is 1. The van der Waals surface area contributed by atoms with Crippen LogP contribution in [0.15, 0.2) is 24.3 Å². The summed E-state index contributed by atoms with van der Waals surface area (Å²) in [6, 6.07) is 7.87. The van der Waals surface area contributed by atoms with Gasteiger partial charge in [0.1, 0.15) is 0 Å². The number of piperazine rings is 1. The highest BCUT2D eigenvalue weighted by atomic mass is 16.2. The molecule has 3 amide bonds. The molecule has 0 bridgehead atoms. The number of anilines is 2. The Bertz CT molecular complexity index is 747. The molecule has 1 saturated carbocycles. The van der Waals surface area contributed by atoms with E-state index in [1.54, 1.807) is 0 Å². The minimum atomic E-state index is -0.173. The van der Waals surface area contributed by atoms with E-state index in [0.717, 1.165) is 63.2 Å². The minimum Gasteiger partial charge on any atom is -0.369 e. The smallest absolute Gasteiger partial charge is 0.233 e. The molecule has 0 unspecified atom stereocenters. The van der Waals surface area contributed by atoms with E-state index in [4.69, 9.17) is 0 Å². The first-order valence-electron chi connectivity index (χ1n) is 10.7. The van der Waals surface area contributed by atoms with Crippen LogP contribution in [0, 0.1) is 11.8 Å². The molecule has 2 saturated heterocycles. The number of hydrogen-bond acceptors (Lipinski definition) is 5. The lowest BCUT2D eigenvalue weighted by molar-refractivity contribution is -0.140. The first-order valence-corrected chi connectivity index (χ1v) is 10.7. The van der Waals surface area contributed by atoms with Gasteiger partial charge >= 0.3 is 0 Å². The standard InChI is InChI=1S/C22H30N4O3/c1-24-12-14-25(15-13-24)17-8-6-16(7-9-17)23-20(27)10-11-26-21(28)18-4-2-3-5-19(18)22(26)29/h6-9,18-19H,2-5,10-15H2,1H3,(H,23,27)/t18-,19+. The normalized spacial score (nSPS) is 25.3. The van der Waals surface area contributed by atoms with Gasteiger partial charge in [-0.1, -0.05) is 12.8 Å². The van der Waals surface area contributed by atoms with Gasteiger partial charge in [-0.25, -0.2) is 0 Å². The molecular weight excluding hydrogens is 368 g/mol. The van der Waals surface area contributed by atoms with E-state index in [0.29, 0.717) is 0 Å². The van der Waals surface area contributed by atoms with Gasteiger partial charge in [0.05, 0.1) is 11.8 Å². The van der Waals surface area contributed by atoms with Crippen LogP contribution in [-0.2, 0) is 14.4 Å². The summed E-state index contributed by atoms with van der Waals surface area (Å²) < 4.78 is 0. The summed E-state index contributed by atoms with van der Waals surface area (Å²) in [5.41, 5.74) is 1.90. The predicted molar refractivity (Wildman–Crippen MR) is 112 cm³/mol. The number of benzene rings is 1. The van der Waals surface area contributed by atoms with E-state index in [-0.39, 0.29) is 42.5 Å². The highest BCUT2D eigenvalue weighted by Crippen LogP contribution is 2.38. The van der Waals surface area contributed by atoms with Crippen molar-refractivity contribution >= 4 is 29.1 Å². The Morgan fingerprint density at radius 2 is 1.55 bits per heavy atom. The third-order valence-corrected chi connectivity index (χ3v) is 6.51. The van der Waals surface area contributed by atoms with E-state index in [2.05, 4.69) is 22.2 Å². The molecule has 1 N–H and O–H groups in total. The van der Waals surface area contributed by atoms with Crippen molar-refractivity contribution in [2.75, 3.05) is 50.0 Å². The largest absolute Gasteiger partial charge is 0.369 e. The van der Waals surface area contributed by atoms with Gasteiger partial charge < -0.3 is 15.1 Å². The van der Waals surface area contributed by atoms with Crippen molar-refractivity contribution in [1.29, 1.82) is 0 Å². The van der Waals surface area contributed by atoms with Gasteiger partial charge in [0.2, 0.25) is 17.7 Å². The predicted octanol–water partition coefficient (Wildman–Crippen LogP) is 1.94. The monoisotopic (exact) mass is 398 g/mol. The zero-order valence-corrected chi connectivity index (χ0v) is 17.1. The number of imide groups is 1. The first-order chi connectivity index (χ1) is 14.0. The summed E-state index contributed by atoms with van der Waals surface area (Å²) in [6.07, 6.45) is 3.77. The van der Waals surface area contributed by atoms with E-state index in [1.165, 1.54) is 4.90 Å². The molecule has 7 heteroatoms. The second-order valence-corrected chi connectivity index (χ2v) is 8.46. The van der Waals surface area contributed by atoms with Crippen LogP contribution in [0.2, 0.25) is 0 Å². The molecule has 3 aliphatic rings. The quantitative estimate of drug-likeness (QED) is 0.768. The van der Waals surface area contributed by atoms with Crippen LogP contribution in [0.25, 0.3) is 0 Å². The fraction of sp³-hybridized carbons (Fsp3) is 0.591. The maximum atomic E-state index is 12.5. The van der Waals surface area contributed by atoms with Gasteiger partial charge in [-0.2, -0.15) is 0 Å². The fourth-order valence-corrected chi connectivity index (χ4v) is 4.71. The first kappa shape index (κ1) is 19.9. The average molecular weight is 399 g/mol. The third-order valence-electron chi connectivity index (χ3n) is 6.51. The van der Waals surface area contributed by atoms with Crippen molar-refractivity contribution in [2.45, 2.75) is 32.1 Å². The maximum Gasteiger partial charge on any atom is 0.233 e. The van der Waals surface area contributed by atoms with Crippen LogP contribution in [0.5, 0.6) is 0 Å². The second kappa shape index (κ2) is 8.53.